The second kappa shape index (κ2) is 7.66. The van der Waals surface area contributed by atoms with Crippen LogP contribution >= 0.6 is 12.2 Å². The number of nitrogens with one attached hydrogen (secondary N) is 3. The molecule has 4 nitrogen and oxygen atoms in total. The van der Waals surface area contributed by atoms with Crippen molar-refractivity contribution in [3.8, 4) is 0 Å². The molecule has 0 aliphatic heterocycles. The highest BCUT2D eigenvalue weighted by Crippen LogP contribution is 2.14. The minimum Gasteiger partial charge on any atom is -0.355 e. The predicted octanol–water partition coefficient (Wildman–Crippen LogP) is 1.67. The van der Waals surface area contributed by atoms with Crippen LogP contribution in [0, 0.1) is 0 Å². The molecular weight excluding hydrogens is 246 g/mol. The lowest BCUT2D eigenvalue weighted by Gasteiger charge is -2.13. The van der Waals surface area contributed by atoms with E-state index in [1.807, 2.05) is 25.1 Å². The number of amides is 1. The second-order valence-corrected chi connectivity index (χ2v) is 4.18. The fourth-order valence-corrected chi connectivity index (χ4v) is 1.72. The first-order chi connectivity index (χ1) is 8.67. The number of hydrogen-bond acceptors (Lipinski definition) is 2. The van der Waals surface area contributed by atoms with Crippen LogP contribution in [-0.4, -0.2) is 24.1 Å². The number of hydrogen-bond donors (Lipinski definition) is 3. The highest BCUT2D eigenvalue weighted by atomic mass is 32.1. The topological polar surface area (TPSA) is 53.2 Å². The maximum Gasteiger partial charge on any atom is 0.239 e. The summed E-state index contributed by atoms with van der Waals surface area (Å²) in [6.07, 6.45) is 0.933. The van der Waals surface area contributed by atoms with Crippen molar-refractivity contribution >= 4 is 28.9 Å². The molecule has 98 valence electrons. The van der Waals surface area contributed by atoms with Gasteiger partial charge in [-0.15, -0.1) is 0 Å². The minimum atomic E-state index is -0.0644. The average Bonchev–Trinajstić information content (AvgIpc) is 2.37. The van der Waals surface area contributed by atoms with Crippen molar-refractivity contribution in [1.29, 1.82) is 0 Å². The molecule has 0 spiro atoms. The zero-order chi connectivity index (χ0) is 13.4. The molecule has 1 aromatic rings. The van der Waals surface area contributed by atoms with Gasteiger partial charge in [0.2, 0.25) is 5.91 Å². The average molecular weight is 265 g/mol. The molecule has 0 fully saturated rings. The van der Waals surface area contributed by atoms with Crippen molar-refractivity contribution < 1.29 is 4.79 Å². The van der Waals surface area contributed by atoms with Gasteiger partial charge in [-0.25, -0.2) is 0 Å². The Labute approximate surface area is 113 Å². The van der Waals surface area contributed by atoms with Gasteiger partial charge in [-0.2, -0.15) is 0 Å². The van der Waals surface area contributed by atoms with E-state index < -0.39 is 0 Å². The Kier molecular flexibility index (Phi) is 6.14. The normalized spacial score (nSPS) is 9.67. The Morgan fingerprint density at radius 3 is 2.61 bits per heavy atom. The molecule has 5 heteroatoms. The lowest BCUT2D eigenvalue weighted by molar-refractivity contribution is -0.119. The molecule has 1 rings (SSSR count). The van der Waals surface area contributed by atoms with E-state index in [1.165, 1.54) is 5.56 Å². The van der Waals surface area contributed by atoms with Gasteiger partial charge in [-0.05, 0) is 37.2 Å². The molecular formula is C13H19N3OS. The summed E-state index contributed by atoms with van der Waals surface area (Å²) in [6, 6.07) is 7.97. The summed E-state index contributed by atoms with van der Waals surface area (Å²) in [5, 5.41) is 9.13. The molecule has 18 heavy (non-hydrogen) atoms. The molecule has 3 N–H and O–H groups in total. The monoisotopic (exact) mass is 265 g/mol. The molecule has 0 aliphatic carbocycles. The number of benzene rings is 1. The largest absolute Gasteiger partial charge is 0.355 e. The third-order valence-electron chi connectivity index (χ3n) is 2.43. The minimum absolute atomic E-state index is 0.0644. The maximum absolute atomic E-state index is 11.3. The van der Waals surface area contributed by atoms with Gasteiger partial charge >= 0.3 is 0 Å². The Hall–Kier alpha value is -1.62. The van der Waals surface area contributed by atoms with Crippen molar-refractivity contribution in [2.75, 3.05) is 18.4 Å². The van der Waals surface area contributed by atoms with Crippen molar-refractivity contribution in [3.63, 3.8) is 0 Å². The summed E-state index contributed by atoms with van der Waals surface area (Å²) in [5.74, 6) is -0.0644. The van der Waals surface area contributed by atoms with E-state index in [-0.39, 0.29) is 12.5 Å². The second-order valence-electron chi connectivity index (χ2n) is 3.77. The number of carbonyl (C=O) groups is 1. The smallest absolute Gasteiger partial charge is 0.239 e. The first-order valence-electron chi connectivity index (χ1n) is 6.06. The van der Waals surface area contributed by atoms with Crippen LogP contribution in [0.2, 0.25) is 0 Å². The fourth-order valence-electron chi connectivity index (χ4n) is 1.54. The lowest BCUT2D eigenvalue weighted by atomic mass is 10.1. The summed E-state index contributed by atoms with van der Waals surface area (Å²) < 4.78 is 0. The van der Waals surface area contributed by atoms with Crippen LogP contribution in [-0.2, 0) is 11.2 Å². The SMILES string of the molecule is CCNC(=O)CNC(=S)Nc1ccccc1CC. The Balaban J connectivity index is 2.47. The van der Waals surface area contributed by atoms with Crippen LogP contribution in [0.25, 0.3) is 0 Å². The third-order valence-corrected chi connectivity index (χ3v) is 2.68. The number of aryl methyl sites for hydroxylation is 1. The van der Waals surface area contributed by atoms with Gasteiger partial charge in [-0.1, -0.05) is 25.1 Å². The van der Waals surface area contributed by atoms with Gasteiger partial charge in [0, 0.05) is 12.2 Å². The quantitative estimate of drug-likeness (QED) is 0.709. The zero-order valence-corrected chi connectivity index (χ0v) is 11.6. The molecule has 1 amide bonds. The van der Waals surface area contributed by atoms with E-state index in [2.05, 4.69) is 28.9 Å². The van der Waals surface area contributed by atoms with Crippen molar-refractivity contribution in [2.45, 2.75) is 20.3 Å². The summed E-state index contributed by atoms with van der Waals surface area (Å²) >= 11 is 5.14. The highest BCUT2D eigenvalue weighted by Gasteiger charge is 2.03. The third kappa shape index (κ3) is 4.71. The van der Waals surface area contributed by atoms with Gasteiger partial charge in [0.25, 0.3) is 0 Å². The van der Waals surface area contributed by atoms with E-state index >= 15 is 0 Å². The molecule has 0 bridgehead atoms. The molecule has 0 atom stereocenters. The number of carbonyl (C=O) groups excluding carboxylic acids is 1. The molecule has 0 saturated heterocycles. The Morgan fingerprint density at radius 1 is 1.22 bits per heavy atom. The van der Waals surface area contributed by atoms with Crippen molar-refractivity contribution in [2.24, 2.45) is 0 Å². The molecule has 0 aromatic heterocycles. The van der Waals surface area contributed by atoms with Crippen LogP contribution in [0.3, 0.4) is 0 Å². The number of para-hydroxylation sites is 1. The molecule has 0 aliphatic rings. The van der Waals surface area contributed by atoms with E-state index in [0.29, 0.717) is 11.7 Å². The summed E-state index contributed by atoms with van der Waals surface area (Å²) in [6.45, 7) is 4.78. The lowest BCUT2D eigenvalue weighted by Crippen LogP contribution is -2.38. The van der Waals surface area contributed by atoms with E-state index in [0.717, 1.165) is 12.1 Å². The summed E-state index contributed by atoms with van der Waals surface area (Å²) in [5.41, 5.74) is 2.17. The maximum atomic E-state index is 11.3. The van der Waals surface area contributed by atoms with E-state index in [1.54, 1.807) is 0 Å². The van der Waals surface area contributed by atoms with Crippen molar-refractivity contribution in [1.82, 2.24) is 10.6 Å². The summed E-state index contributed by atoms with van der Waals surface area (Å²) in [4.78, 5) is 11.3. The van der Waals surface area contributed by atoms with Gasteiger partial charge < -0.3 is 16.0 Å². The van der Waals surface area contributed by atoms with Crippen LogP contribution in [0.5, 0.6) is 0 Å². The predicted molar refractivity (Wildman–Crippen MR) is 78.7 cm³/mol. The first-order valence-corrected chi connectivity index (χ1v) is 6.47. The van der Waals surface area contributed by atoms with Gasteiger partial charge in [0.15, 0.2) is 5.11 Å². The number of thiocarbonyl (C=S) groups is 1. The Bertz CT molecular complexity index is 420. The van der Waals surface area contributed by atoms with Crippen LogP contribution in [0.1, 0.15) is 19.4 Å². The molecule has 0 heterocycles. The van der Waals surface area contributed by atoms with Crippen molar-refractivity contribution in [3.05, 3.63) is 29.8 Å². The Morgan fingerprint density at radius 2 is 1.94 bits per heavy atom. The van der Waals surface area contributed by atoms with Crippen LogP contribution in [0.15, 0.2) is 24.3 Å². The van der Waals surface area contributed by atoms with Crippen LogP contribution < -0.4 is 16.0 Å². The number of anilines is 1. The van der Waals surface area contributed by atoms with E-state index in [9.17, 15) is 4.79 Å². The van der Waals surface area contributed by atoms with E-state index in [4.69, 9.17) is 12.2 Å². The van der Waals surface area contributed by atoms with Crippen LogP contribution in [0.4, 0.5) is 5.69 Å². The number of likely N-dealkylation sites (N-methyl/N-ethyl adjacent to an activating group) is 1. The molecule has 0 unspecified atom stereocenters. The molecule has 1 aromatic carbocycles. The standard InChI is InChI=1S/C13H19N3OS/c1-3-10-7-5-6-8-11(10)16-13(18)15-9-12(17)14-4-2/h5-8H,3-4,9H2,1-2H3,(H,14,17)(H2,15,16,18). The summed E-state index contributed by atoms with van der Waals surface area (Å²) in [7, 11) is 0. The molecule has 0 saturated carbocycles. The first kappa shape index (κ1) is 14.4. The fraction of sp³-hybridized carbons (Fsp3) is 0.385. The number of rotatable bonds is 5. The highest BCUT2D eigenvalue weighted by molar-refractivity contribution is 7.80. The molecule has 0 radical (unpaired) electrons. The van der Waals surface area contributed by atoms with Gasteiger partial charge in [0.1, 0.15) is 0 Å². The van der Waals surface area contributed by atoms with Gasteiger partial charge in [0.05, 0.1) is 6.54 Å². The zero-order valence-electron chi connectivity index (χ0n) is 10.7. The van der Waals surface area contributed by atoms with Gasteiger partial charge in [-0.3, -0.25) is 4.79 Å².